The van der Waals surface area contributed by atoms with Gasteiger partial charge in [0, 0.05) is 35.2 Å². The van der Waals surface area contributed by atoms with E-state index in [1.54, 1.807) is 30.3 Å². The van der Waals surface area contributed by atoms with Crippen LogP contribution in [0.3, 0.4) is 0 Å². The number of carbonyl (C=O) groups is 2. The fraction of sp³-hybridized carbons (Fsp3) is 0.300. The van der Waals surface area contributed by atoms with Gasteiger partial charge < -0.3 is 15.4 Å². The van der Waals surface area contributed by atoms with Crippen molar-refractivity contribution in [1.82, 2.24) is 0 Å². The number of anilines is 2. The summed E-state index contributed by atoms with van der Waals surface area (Å²) in [5.74, 6) is 0.684. The first-order valence-corrected chi connectivity index (χ1v) is 11.6. The zero-order valence-electron chi connectivity index (χ0n) is 16.1. The molecule has 154 valence electrons. The molecule has 0 unspecified atom stereocenters. The van der Waals surface area contributed by atoms with Crippen LogP contribution in [0.5, 0.6) is 5.75 Å². The van der Waals surface area contributed by atoms with Crippen LogP contribution in [0.15, 0.2) is 52.3 Å². The summed E-state index contributed by atoms with van der Waals surface area (Å²) in [6.07, 6.45) is 0.181. The molecule has 2 amide bonds. The lowest BCUT2D eigenvalue weighted by Gasteiger charge is -2.15. The fourth-order valence-corrected chi connectivity index (χ4v) is 5.20. The Morgan fingerprint density at radius 1 is 1.28 bits per heavy atom. The molecule has 9 heteroatoms. The maximum absolute atomic E-state index is 13.0. The van der Waals surface area contributed by atoms with E-state index in [9.17, 15) is 18.0 Å². The van der Waals surface area contributed by atoms with Gasteiger partial charge in [0.25, 0.3) is 0 Å². The highest BCUT2D eigenvalue weighted by molar-refractivity contribution is 7.99. The Balaban J connectivity index is 1.73. The number of thioether (sulfide) groups is 1. The topological polar surface area (TPSA) is 102 Å². The molecule has 29 heavy (non-hydrogen) atoms. The van der Waals surface area contributed by atoms with Gasteiger partial charge in [-0.1, -0.05) is 6.07 Å². The molecule has 0 spiro atoms. The van der Waals surface area contributed by atoms with Gasteiger partial charge in [-0.2, -0.15) is 0 Å². The van der Waals surface area contributed by atoms with Crippen molar-refractivity contribution in [2.75, 3.05) is 23.5 Å². The first kappa shape index (κ1) is 21.2. The summed E-state index contributed by atoms with van der Waals surface area (Å²) >= 11 is 1.50. The number of methoxy groups -OCH3 is 1. The quantitative estimate of drug-likeness (QED) is 0.723. The zero-order valence-corrected chi connectivity index (χ0v) is 17.7. The zero-order chi connectivity index (χ0) is 21.0. The Kier molecular flexibility index (Phi) is 6.49. The van der Waals surface area contributed by atoms with Gasteiger partial charge in [-0.15, -0.1) is 11.8 Å². The second-order valence-electron chi connectivity index (χ2n) is 6.64. The van der Waals surface area contributed by atoms with Gasteiger partial charge in [0.15, 0.2) is 9.84 Å². The summed E-state index contributed by atoms with van der Waals surface area (Å²) < 4.78 is 31.0. The van der Waals surface area contributed by atoms with Gasteiger partial charge in [-0.05, 0) is 37.3 Å². The number of nitrogens with one attached hydrogen (secondary N) is 2. The van der Waals surface area contributed by atoms with E-state index in [1.807, 2.05) is 0 Å². The number of fused-ring (bicyclic) bond motifs is 1. The molecule has 7 nitrogen and oxygen atoms in total. The van der Waals surface area contributed by atoms with E-state index in [4.69, 9.17) is 4.74 Å². The molecule has 0 saturated heterocycles. The SMILES string of the molecule is COc1cccc(NC(=O)C[C@H](C)S(=O)(=O)c2ccc3c(c2)NC(=O)CCS3)c1. The smallest absolute Gasteiger partial charge is 0.225 e. The van der Waals surface area contributed by atoms with Crippen molar-refractivity contribution in [1.29, 1.82) is 0 Å². The molecule has 2 aromatic carbocycles. The maximum atomic E-state index is 13.0. The van der Waals surface area contributed by atoms with E-state index in [1.165, 1.54) is 37.9 Å². The Bertz CT molecular complexity index is 1040. The minimum atomic E-state index is -3.75. The van der Waals surface area contributed by atoms with Crippen molar-refractivity contribution in [2.24, 2.45) is 0 Å². The van der Waals surface area contributed by atoms with Gasteiger partial charge >= 0.3 is 0 Å². The average molecular weight is 435 g/mol. The van der Waals surface area contributed by atoms with Crippen molar-refractivity contribution < 1.29 is 22.7 Å². The van der Waals surface area contributed by atoms with E-state index in [0.717, 1.165) is 4.90 Å². The van der Waals surface area contributed by atoms with Crippen molar-refractivity contribution in [3.63, 3.8) is 0 Å². The Hall–Kier alpha value is -2.52. The van der Waals surface area contributed by atoms with Gasteiger partial charge in [0.1, 0.15) is 5.75 Å². The molecule has 2 aromatic rings. The summed E-state index contributed by atoms with van der Waals surface area (Å²) in [6.45, 7) is 1.50. The molecular formula is C20H22N2O5S2. The summed E-state index contributed by atoms with van der Waals surface area (Å²) in [5, 5.41) is 4.50. The van der Waals surface area contributed by atoms with Crippen LogP contribution in [0.2, 0.25) is 0 Å². The molecule has 0 aromatic heterocycles. The first-order valence-electron chi connectivity index (χ1n) is 9.04. The molecule has 3 rings (SSSR count). The molecule has 0 aliphatic carbocycles. The number of rotatable bonds is 6. The van der Waals surface area contributed by atoms with Crippen LogP contribution in [-0.4, -0.2) is 38.3 Å². The summed E-state index contributed by atoms with van der Waals surface area (Å²) in [5.41, 5.74) is 1.02. The largest absolute Gasteiger partial charge is 0.497 e. The molecule has 0 radical (unpaired) electrons. The summed E-state index contributed by atoms with van der Waals surface area (Å²) in [6, 6.07) is 11.5. The van der Waals surface area contributed by atoms with Crippen LogP contribution in [0, 0.1) is 0 Å². The van der Waals surface area contributed by atoms with E-state index in [2.05, 4.69) is 10.6 Å². The van der Waals surface area contributed by atoms with E-state index < -0.39 is 21.0 Å². The van der Waals surface area contributed by atoms with Gasteiger partial charge in [0.05, 0.1) is 22.9 Å². The minimum absolute atomic E-state index is 0.0840. The third-order valence-corrected chi connectivity index (χ3v) is 7.71. The van der Waals surface area contributed by atoms with E-state index in [-0.39, 0.29) is 17.2 Å². The summed E-state index contributed by atoms with van der Waals surface area (Å²) in [7, 11) is -2.22. The summed E-state index contributed by atoms with van der Waals surface area (Å²) in [4.78, 5) is 25.0. The minimum Gasteiger partial charge on any atom is -0.497 e. The first-order chi connectivity index (χ1) is 13.8. The predicted molar refractivity (Wildman–Crippen MR) is 113 cm³/mol. The van der Waals surface area contributed by atoms with Crippen LogP contribution in [0.25, 0.3) is 0 Å². The number of carbonyl (C=O) groups excluding carboxylic acids is 2. The molecule has 1 aliphatic heterocycles. The standard InChI is InChI=1S/C20H22N2O5S2/c1-13(10-20(24)21-14-4-3-5-15(11-14)27-2)29(25,26)16-6-7-18-17(12-16)22-19(23)8-9-28-18/h3-7,11-13H,8-10H2,1-2H3,(H,21,24)(H,22,23)/t13-/m0/s1. The van der Waals surface area contributed by atoms with Crippen molar-refractivity contribution in [2.45, 2.75) is 34.8 Å². The van der Waals surface area contributed by atoms with Crippen LogP contribution >= 0.6 is 11.8 Å². The molecule has 0 fully saturated rings. The Morgan fingerprint density at radius 2 is 2.07 bits per heavy atom. The molecule has 2 N–H and O–H groups in total. The average Bonchev–Trinajstić information content (AvgIpc) is 2.87. The van der Waals surface area contributed by atoms with Crippen LogP contribution < -0.4 is 15.4 Å². The van der Waals surface area contributed by atoms with Crippen molar-refractivity contribution >= 4 is 44.8 Å². The number of benzene rings is 2. The van der Waals surface area contributed by atoms with Crippen LogP contribution in [-0.2, 0) is 19.4 Å². The van der Waals surface area contributed by atoms with Crippen molar-refractivity contribution in [3.05, 3.63) is 42.5 Å². The molecule has 1 atom stereocenters. The molecule has 1 heterocycles. The number of amides is 2. The second-order valence-corrected chi connectivity index (χ2v) is 10.1. The normalized spacial score (nSPS) is 14.9. The highest BCUT2D eigenvalue weighted by Crippen LogP contribution is 2.33. The highest BCUT2D eigenvalue weighted by Gasteiger charge is 2.27. The lowest BCUT2D eigenvalue weighted by Crippen LogP contribution is -2.25. The third-order valence-electron chi connectivity index (χ3n) is 4.50. The van der Waals surface area contributed by atoms with Gasteiger partial charge in [-0.25, -0.2) is 8.42 Å². The number of hydrogen-bond acceptors (Lipinski definition) is 6. The fourth-order valence-electron chi connectivity index (χ4n) is 2.89. The monoisotopic (exact) mass is 434 g/mol. The Labute approximate surface area is 174 Å². The lowest BCUT2D eigenvalue weighted by atomic mass is 10.2. The predicted octanol–water partition coefficient (Wildman–Crippen LogP) is 3.32. The highest BCUT2D eigenvalue weighted by atomic mass is 32.2. The number of ether oxygens (including phenoxy) is 1. The van der Waals surface area contributed by atoms with Crippen molar-refractivity contribution in [3.8, 4) is 5.75 Å². The second kappa shape index (κ2) is 8.87. The Morgan fingerprint density at radius 3 is 2.83 bits per heavy atom. The van der Waals surface area contributed by atoms with Gasteiger partial charge in [-0.3, -0.25) is 9.59 Å². The lowest BCUT2D eigenvalue weighted by molar-refractivity contribution is -0.116. The number of sulfone groups is 1. The molecule has 0 saturated carbocycles. The van der Waals surface area contributed by atoms with E-state index >= 15 is 0 Å². The molecule has 1 aliphatic rings. The van der Waals surface area contributed by atoms with Crippen LogP contribution in [0.4, 0.5) is 11.4 Å². The van der Waals surface area contributed by atoms with E-state index in [0.29, 0.717) is 29.3 Å². The van der Waals surface area contributed by atoms with Crippen LogP contribution in [0.1, 0.15) is 19.8 Å². The van der Waals surface area contributed by atoms with Gasteiger partial charge in [0.2, 0.25) is 11.8 Å². The molecule has 0 bridgehead atoms. The third kappa shape index (κ3) is 5.10. The molecular weight excluding hydrogens is 412 g/mol. The number of hydrogen-bond donors (Lipinski definition) is 2. The maximum Gasteiger partial charge on any atom is 0.225 e.